The van der Waals surface area contributed by atoms with E-state index in [0.717, 1.165) is 0 Å². The fourth-order valence-electron chi connectivity index (χ4n) is 14.3. The molecule has 21 fully saturated rings. The van der Waals surface area contributed by atoms with Crippen molar-refractivity contribution in [3.8, 4) is 0 Å². The smallest absolute Gasteiger partial charge is 0.192 e. The second-order valence-corrected chi connectivity index (χ2v) is 81.3. The molecule has 0 spiro atoms. The van der Waals surface area contributed by atoms with Crippen molar-refractivity contribution in [2.45, 2.75) is 487 Å². The molecular weight excluding hydrogens is 1830 g/mol. The Balaban J connectivity index is 1.34. The Hall–Kier alpha value is -0.572. The molecule has 0 unspecified atom stereocenters. The summed E-state index contributed by atoms with van der Waals surface area (Å²) in [5.41, 5.74) is 9.55. The fourth-order valence-corrected chi connectivity index (χ4v) is 21.4. The van der Waals surface area contributed by atoms with Crippen LogP contribution in [0.5, 0.6) is 0 Å². The lowest BCUT2D eigenvalue weighted by atomic mass is 9.95. The molecule has 0 amide bonds. The van der Waals surface area contributed by atoms with Crippen molar-refractivity contribution >= 4 is 58.2 Å². The van der Waals surface area contributed by atoms with Gasteiger partial charge in [0.2, 0.25) is 0 Å². The van der Waals surface area contributed by atoms with Crippen LogP contribution in [0.3, 0.4) is 0 Å². The number of hydrogen-bond acceptors (Lipinski definition) is 36. The van der Waals surface area contributed by atoms with Gasteiger partial charge in [0.1, 0.15) is 171 Å². The van der Waals surface area contributed by atoms with Crippen LogP contribution in [-0.4, -0.2) is 399 Å². The Morgan fingerprint density at radius 1 is 0.229 bits per heavy atom. The highest BCUT2D eigenvalue weighted by molar-refractivity contribution is 6.76. The van der Waals surface area contributed by atoms with Gasteiger partial charge in [-0.1, -0.05) is 151 Å². The second-order valence-electron chi connectivity index (χ2n) is 47.7. The van der Waals surface area contributed by atoms with Crippen molar-refractivity contribution in [3.63, 3.8) is 0 Å². The van der Waals surface area contributed by atoms with Crippen LogP contribution in [-0.2, 0) is 102 Å². The van der Waals surface area contributed by atoms with Crippen molar-refractivity contribution in [1.82, 2.24) is 0 Å². The van der Waals surface area contributed by atoms with Crippen LogP contribution in [0.2, 0.25) is 127 Å². The van der Waals surface area contributed by atoms with Gasteiger partial charge in [-0.2, -0.15) is 0 Å². The quantitative estimate of drug-likeness (QED) is 0.0140. The van der Waals surface area contributed by atoms with Gasteiger partial charge in [0.05, 0.1) is 52.9 Å². The van der Waals surface area contributed by atoms with E-state index in [-0.39, 0.29) is 52.8 Å². The summed E-state index contributed by atoms with van der Waals surface area (Å²) in [7, 11) is -19.9. The summed E-state index contributed by atoms with van der Waals surface area (Å²) in [6.45, 7) is 66.2. The Bertz CT molecular complexity index is 3590. The van der Waals surface area contributed by atoms with E-state index in [1.807, 2.05) is 237 Å². The zero-order valence-corrected chi connectivity index (χ0v) is 91.7. The summed E-state index contributed by atoms with van der Waals surface area (Å²) in [6.07, 6.45) is -64.8. The van der Waals surface area contributed by atoms with Crippen LogP contribution in [0, 0.1) is 0 Å². The average molecular weight is 2000 g/mol. The Labute approximate surface area is 784 Å². The molecule has 0 aromatic rings. The van der Waals surface area contributed by atoms with Gasteiger partial charge in [0.15, 0.2) is 102 Å². The maximum absolute atomic E-state index is 13.4. The summed E-state index contributed by atoms with van der Waals surface area (Å²) < 4.78 is 149. The van der Waals surface area contributed by atoms with Crippen LogP contribution in [0.4, 0.5) is 0 Å². The summed E-state index contributed by atoms with van der Waals surface area (Å²) in [6, 6.07) is 0. The molecule has 0 aliphatic carbocycles. The van der Waals surface area contributed by atoms with Crippen LogP contribution in [0.25, 0.3) is 10.4 Å². The topological polar surface area (TPSA) is 515 Å². The first-order valence-corrected chi connectivity index (χ1v) is 66.9. The normalized spacial score (nSPS) is 39.3. The fraction of sp³-hybridized carbons (Fsp3) is 1.00. The number of aliphatic hydroxyl groups is 13. The van der Waals surface area contributed by atoms with Crippen LogP contribution >= 0.6 is 0 Å². The highest BCUT2D eigenvalue weighted by atomic mass is 28.4. The van der Waals surface area contributed by atoms with E-state index in [0.29, 0.717) is 0 Å². The Morgan fingerprint density at radius 2 is 0.374 bits per heavy atom. The van der Waals surface area contributed by atoms with Gasteiger partial charge < -0.3 is 168 Å². The number of ether oxygens (including phenoxy) is 15. The van der Waals surface area contributed by atoms with E-state index in [4.69, 9.17) is 102 Å². The molecule has 0 radical (unpaired) electrons. The van der Waals surface area contributed by atoms with Crippen molar-refractivity contribution in [3.05, 3.63) is 10.4 Å². The minimum atomic E-state index is -2.86. The molecule has 21 rings (SSSR count). The lowest BCUT2D eigenvalue weighted by molar-refractivity contribution is -0.397. The van der Waals surface area contributed by atoms with Crippen LogP contribution in [0.1, 0.15) is 145 Å². The highest BCUT2D eigenvalue weighted by Gasteiger charge is 2.63. The first-order valence-electron chi connectivity index (χ1n) is 46.6. The molecule has 768 valence electrons. The van der Waals surface area contributed by atoms with E-state index in [9.17, 15) is 71.9 Å². The molecule has 0 aromatic heterocycles. The average Bonchev–Trinajstić information content (AvgIpc) is 0.819. The number of azide groups is 1. The molecule has 21 aliphatic rings. The monoisotopic (exact) mass is 2000 g/mol. The van der Waals surface area contributed by atoms with Crippen molar-refractivity contribution < 1.29 is 168 Å². The number of aliphatic hydroxyl groups excluding tert-OH is 13. The molecule has 13 N–H and O–H groups in total. The van der Waals surface area contributed by atoms with E-state index in [1.54, 1.807) is 0 Å². The summed E-state index contributed by atoms with van der Waals surface area (Å²) in [5.74, 6) is 0. The van der Waals surface area contributed by atoms with Crippen molar-refractivity contribution in [2.24, 2.45) is 5.11 Å². The van der Waals surface area contributed by atoms with Gasteiger partial charge in [0, 0.05) is 11.5 Å². The van der Waals surface area contributed by atoms with Gasteiger partial charge in [-0.15, -0.1) is 0 Å². The number of hydrogen-bond donors (Lipinski definition) is 13. The lowest BCUT2D eigenvalue weighted by Crippen LogP contribution is -2.69. The Kier molecular flexibility index (Phi) is 38.4. The first-order chi connectivity index (χ1) is 59.5. The molecule has 21 saturated heterocycles. The minimum Gasteiger partial charge on any atom is -0.414 e. The lowest BCUT2D eigenvalue weighted by Gasteiger charge is -2.51. The maximum Gasteiger partial charge on any atom is 0.192 e. The molecular formula is C86H171N3O35Si7. The molecule has 0 aromatic carbocycles. The van der Waals surface area contributed by atoms with Crippen LogP contribution in [0.15, 0.2) is 5.11 Å². The largest absolute Gasteiger partial charge is 0.414 e. The standard InChI is InChI=1S/C86H171N3O35Si7/c1-80(2,3)125(22,23)104-38-45-65-52(90)58(96)74(111-45)119-67-47(40-106-127(26,27)82(7,8)9)113-76(60(98)54(67)92)121-69-49(42-108-129(30,31)84(13,14)15)115-78(62(100)56(69)94)123-71-51(44-110-131(34,35)86(19,20)21)117-79(72(64(71)102)103-37-36-88-89-87)124-70-50(43-109-130(32,33)85(16,17)18)116-77(63(101)57(70)95)122-68-48(41-107-128(28,29)83(10,11)12)114-75(61(99)55(68)93)120-66-46(39-105-126(24,25)81(4,5)6)112-73(118-65)59(97)53(66)91/h45-79,90-102H,36-44H2,1-35H3/t45-,46-,47-,48-,49-,50-,51-,52-,53-,54-,55-,56-,57-,58-,59-,60-,61-,62-,63-,64+,65-,66-,67-,68-,69-,70-,71-,72-,73-,74-,75-,76-,77-,78-,79-/m1/s1. The van der Waals surface area contributed by atoms with Crippen LogP contribution < -0.4 is 0 Å². The second kappa shape index (κ2) is 43.5. The zero-order valence-electron chi connectivity index (χ0n) is 84.7. The summed E-state index contributed by atoms with van der Waals surface area (Å²) >= 11 is 0. The molecule has 21 heterocycles. The van der Waals surface area contributed by atoms with Gasteiger partial charge in [0.25, 0.3) is 0 Å². The molecule has 14 bridgehead atoms. The van der Waals surface area contributed by atoms with Crippen molar-refractivity contribution in [2.75, 3.05) is 59.4 Å². The molecule has 35 atom stereocenters. The van der Waals surface area contributed by atoms with Gasteiger partial charge >= 0.3 is 0 Å². The van der Waals surface area contributed by atoms with E-state index >= 15 is 0 Å². The maximum atomic E-state index is 13.4. The van der Waals surface area contributed by atoms with E-state index in [2.05, 4.69) is 10.0 Å². The molecule has 21 aliphatic heterocycles. The molecule has 38 nitrogen and oxygen atoms in total. The van der Waals surface area contributed by atoms with E-state index < -0.39 is 315 Å². The van der Waals surface area contributed by atoms with Gasteiger partial charge in [-0.05, 0) is 132 Å². The van der Waals surface area contributed by atoms with E-state index in [1.165, 1.54) is 0 Å². The SMILES string of the molecule is CC(C)(C)[Si](C)(C)OC[C@H]1O[C@@H]2O[C@H]3[C@H](O)[C@@H](O)[C@@H](O[C@H]4[C@H](O)[C@@H](O)[C@@H](O[C@H]5[C@H](O)[C@@H](OCCN=[N+]=[N-])[C@@H](O[C@H]6[C@H](O)[C@@H](O)[C@@H](O[C@H]7[C@H](O)[C@@H](O)[C@@H](O[C@H]8[C@H](O)[C@@H](O)[C@@H](O[C@H]1[C@H](O)[C@H]2O)O[C@@H]8CO[Si](C)(C)C(C)(C)C)O[C@@H]7CO[Si](C)(C)C(C)(C)C)O[C@@H]6CO[Si](C)(C)C(C)(C)C)O[C@@H]5CO[Si](C)(C)C(C)(C)C)O[C@@H]4CO[Si](C)(C)C(C)(C)C)O[C@@H]3CO[Si](C)(C)C(C)(C)C. The third-order valence-electron chi connectivity index (χ3n) is 31.0. The predicted octanol–water partition coefficient (Wildman–Crippen LogP) is 7.31. The minimum absolute atomic E-state index is 0.312. The third-order valence-corrected chi connectivity index (χ3v) is 62.5. The number of nitrogens with zero attached hydrogens (tertiary/aromatic N) is 3. The highest BCUT2D eigenvalue weighted by Crippen LogP contribution is 2.48. The number of rotatable bonds is 25. The van der Waals surface area contributed by atoms with Gasteiger partial charge in [-0.3, -0.25) is 0 Å². The molecule has 131 heavy (non-hydrogen) atoms. The Morgan fingerprint density at radius 3 is 0.527 bits per heavy atom. The first kappa shape index (κ1) is 116. The molecule has 0 saturated carbocycles. The summed E-state index contributed by atoms with van der Waals surface area (Å²) in [4.78, 5) is 2.90. The zero-order chi connectivity index (χ0) is 99.5. The van der Waals surface area contributed by atoms with Crippen molar-refractivity contribution in [1.29, 1.82) is 0 Å². The van der Waals surface area contributed by atoms with Gasteiger partial charge in [-0.25, -0.2) is 0 Å². The summed E-state index contributed by atoms with van der Waals surface area (Å²) in [5, 5.41) is 168. The molecule has 45 heteroatoms. The third kappa shape index (κ3) is 27.1. The predicted molar refractivity (Wildman–Crippen MR) is 499 cm³/mol.